The molecular weight excluding hydrogens is 240 g/mol. The number of rotatable bonds is 2. The van der Waals surface area contributed by atoms with Gasteiger partial charge < -0.3 is 15.7 Å². The van der Waals surface area contributed by atoms with Crippen LogP contribution in [0, 0.1) is 6.92 Å². The molecule has 1 fully saturated rings. The van der Waals surface area contributed by atoms with Crippen molar-refractivity contribution in [3.63, 3.8) is 0 Å². The van der Waals surface area contributed by atoms with Crippen molar-refractivity contribution in [3.8, 4) is 5.75 Å². The van der Waals surface area contributed by atoms with Gasteiger partial charge in [-0.05, 0) is 45.2 Å². The Morgan fingerprint density at radius 3 is 2.89 bits per heavy atom. The van der Waals surface area contributed by atoms with Crippen LogP contribution in [0.5, 0.6) is 5.75 Å². The number of aromatic hydroxyl groups is 1. The van der Waals surface area contributed by atoms with Crippen molar-refractivity contribution in [2.24, 2.45) is 5.73 Å². The van der Waals surface area contributed by atoms with E-state index in [0.29, 0.717) is 5.56 Å². The van der Waals surface area contributed by atoms with Crippen molar-refractivity contribution in [2.75, 3.05) is 6.54 Å². The Hall–Kier alpha value is -1.55. The average molecular weight is 262 g/mol. The highest BCUT2D eigenvalue weighted by Crippen LogP contribution is 2.25. The molecule has 0 bridgehead atoms. The number of hydrogen-bond acceptors (Lipinski definition) is 3. The maximum atomic E-state index is 12.6. The molecule has 0 aliphatic carbocycles. The van der Waals surface area contributed by atoms with Crippen LogP contribution in [0.25, 0.3) is 0 Å². The van der Waals surface area contributed by atoms with Crippen LogP contribution in [-0.4, -0.2) is 34.5 Å². The fourth-order valence-electron chi connectivity index (χ4n) is 2.73. The Bertz CT molecular complexity index is 471. The molecule has 0 spiro atoms. The summed E-state index contributed by atoms with van der Waals surface area (Å²) >= 11 is 0. The highest BCUT2D eigenvalue weighted by Gasteiger charge is 2.30. The van der Waals surface area contributed by atoms with Crippen LogP contribution in [0.1, 0.15) is 42.1 Å². The number of nitrogens with two attached hydrogens (primary N) is 1. The van der Waals surface area contributed by atoms with E-state index in [4.69, 9.17) is 5.73 Å². The number of aryl methyl sites for hydroxylation is 1. The first-order valence-electron chi connectivity index (χ1n) is 6.87. The third-order valence-electron chi connectivity index (χ3n) is 3.80. The van der Waals surface area contributed by atoms with E-state index in [9.17, 15) is 9.90 Å². The Morgan fingerprint density at radius 2 is 2.21 bits per heavy atom. The van der Waals surface area contributed by atoms with Crippen LogP contribution in [0.15, 0.2) is 18.2 Å². The molecule has 1 amide bonds. The van der Waals surface area contributed by atoms with Gasteiger partial charge in [-0.2, -0.15) is 0 Å². The van der Waals surface area contributed by atoms with Gasteiger partial charge in [0.15, 0.2) is 0 Å². The molecule has 2 rings (SSSR count). The second-order valence-electron chi connectivity index (χ2n) is 5.44. The zero-order chi connectivity index (χ0) is 14.0. The van der Waals surface area contributed by atoms with Crippen LogP contribution in [-0.2, 0) is 0 Å². The minimum Gasteiger partial charge on any atom is -0.507 e. The molecule has 1 saturated heterocycles. The number of amides is 1. The maximum absolute atomic E-state index is 12.6. The van der Waals surface area contributed by atoms with Crippen molar-refractivity contribution < 1.29 is 9.90 Å². The Labute approximate surface area is 114 Å². The van der Waals surface area contributed by atoms with Gasteiger partial charge in [0.25, 0.3) is 5.91 Å². The van der Waals surface area contributed by atoms with Crippen molar-refractivity contribution in [3.05, 3.63) is 29.3 Å². The third kappa shape index (κ3) is 2.89. The summed E-state index contributed by atoms with van der Waals surface area (Å²) in [6, 6.07) is 5.14. The smallest absolute Gasteiger partial charge is 0.257 e. The molecule has 3 N–H and O–H groups in total. The molecule has 1 aromatic carbocycles. The van der Waals surface area contributed by atoms with Crippen LogP contribution >= 0.6 is 0 Å². The molecule has 1 aromatic rings. The lowest BCUT2D eigenvalue weighted by molar-refractivity contribution is 0.0580. The van der Waals surface area contributed by atoms with Crippen molar-refractivity contribution in [1.29, 1.82) is 0 Å². The van der Waals surface area contributed by atoms with Gasteiger partial charge in [-0.1, -0.05) is 11.6 Å². The first-order valence-corrected chi connectivity index (χ1v) is 6.87. The number of nitrogens with zero attached hydrogens (tertiary/aromatic N) is 1. The minimum absolute atomic E-state index is 0.0452. The van der Waals surface area contributed by atoms with Crippen LogP contribution in [0.4, 0.5) is 0 Å². The SMILES string of the molecule is Cc1ccc(O)c(C(=O)N2CCCCC2C(C)N)c1. The van der Waals surface area contributed by atoms with E-state index in [1.165, 1.54) is 0 Å². The molecule has 2 unspecified atom stereocenters. The van der Waals surface area contributed by atoms with E-state index >= 15 is 0 Å². The molecule has 4 heteroatoms. The predicted octanol–water partition coefficient (Wildman–Crippen LogP) is 2.04. The lowest BCUT2D eigenvalue weighted by Crippen LogP contribution is -2.51. The number of hydrogen-bond donors (Lipinski definition) is 2. The van der Waals surface area contributed by atoms with Crippen molar-refractivity contribution in [1.82, 2.24) is 4.90 Å². The number of piperidine rings is 1. The molecule has 1 aliphatic heterocycles. The zero-order valence-electron chi connectivity index (χ0n) is 11.6. The predicted molar refractivity (Wildman–Crippen MR) is 75.2 cm³/mol. The fourth-order valence-corrected chi connectivity index (χ4v) is 2.73. The van der Waals surface area contributed by atoms with Crippen molar-refractivity contribution in [2.45, 2.75) is 45.2 Å². The van der Waals surface area contributed by atoms with Gasteiger partial charge in [-0.15, -0.1) is 0 Å². The summed E-state index contributed by atoms with van der Waals surface area (Å²) in [6.45, 7) is 4.57. The summed E-state index contributed by atoms with van der Waals surface area (Å²) in [5, 5.41) is 9.88. The summed E-state index contributed by atoms with van der Waals surface area (Å²) in [4.78, 5) is 14.4. The lowest BCUT2D eigenvalue weighted by Gasteiger charge is -2.38. The van der Waals surface area contributed by atoms with E-state index in [1.54, 1.807) is 18.2 Å². The summed E-state index contributed by atoms with van der Waals surface area (Å²) in [5.41, 5.74) is 7.34. The van der Waals surface area contributed by atoms with E-state index < -0.39 is 0 Å². The molecule has 4 nitrogen and oxygen atoms in total. The summed E-state index contributed by atoms with van der Waals surface area (Å²) in [5.74, 6) is -0.0622. The van der Waals surface area contributed by atoms with Gasteiger partial charge in [0.2, 0.25) is 0 Å². The standard InChI is InChI=1S/C15H22N2O2/c1-10-6-7-14(18)12(9-10)15(19)17-8-4-3-5-13(17)11(2)16/h6-7,9,11,13,18H,3-5,8,16H2,1-2H3. The number of carbonyl (C=O) groups excluding carboxylic acids is 1. The number of carbonyl (C=O) groups is 1. The second kappa shape index (κ2) is 5.61. The summed E-state index contributed by atoms with van der Waals surface area (Å²) in [6.07, 6.45) is 3.05. The highest BCUT2D eigenvalue weighted by molar-refractivity contribution is 5.97. The molecule has 19 heavy (non-hydrogen) atoms. The molecule has 0 saturated carbocycles. The minimum atomic E-state index is -0.108. The maximum Gasteiger partial charge on any atom is 0.257 e. The van der Waals surface area contributed by atoms with Gasteiger partial charge in [-0.3, -0.25) is 4.79 Å². The fraction of sp³-hybridized carbons (Fsp3) is 0.533. The highest BCUT2D eigenvalue weighted by atomic mass is 16.3. The Balaban J connectivity index is 2.28. The van der Waals surface area contributed by atoms with E-state index in [2.05, 4.69) is 0 Å². The topological polar surface area (TPSA) is 66.6 Å². The lowest BCUT2D eigenvalue weighted by atomic mass is 9.95. The molecule has 1 aliphatic rings. The summed E-state index contributed by atoms with van der Waals surface area (Å²) in [7, 11) is 0. The quantitative estimate of drug-likeness (QED) is 0.857. The molecule has 1 heterocycles. The molecular formula is C15H22N2O2. The molecule has 104 valence electrons. The number of benzene rings is 1. The van der Waals surface area contributed by atoms with E-state index in [1.807, 2.05) is 18.7 Å². The first kappa shape index (κ1) is 13.9. The average Bonchev–Trinajstić information content (AvgIpc) is 2.40. The van der Waals surface area contributed by atoms with Gasteiger partial charge in [0.05, 0.1) is 5.56 Å². The van der Waals surface area contributed by atoms with Crippen LogP contribution in [0.2, 0.25) is 0 Å². The molecule has 2 atom stereocenters. The molecule has 0 radical (unpaired) electrons. The van der Waals surface area contributed by atoms with E-state index in [0.717, 1.165) is 31.4 Å². The number of likely N-dealkylation sites (tertiary alicyclic amines) is 1. The number of phenols is 1. The number of phenolic OH excluding ortho intramolecular Hbond substituents is 1. The van der Waals surface area contributed by atoms with Gasteiger partial charge in [0.1, 0.15) is 5.75 Å². The normalized spacial score (nSPS) is 21.2. The van der Waals surface area contributed by atoms with Gasteiger partial charge >= 0.3 is 0 Å². The largest absolute Gasteiger partial charge is 0.507 e. The van der Waals surface area contributed by atoms with Crippen LogP contribution in [0.3, 0.4) is 0 Å². The van der Waals surface area contributed by atoms with Gasteiger partial charge in [0, 0.05) is 18.6 Å². The Morgan fingerprint density at radius 1 is 1.47 bits per heavy atom. The monoisotopic (exact) mass is 262 g/mol. The second-order valence-corrected chi connectivity index (χ2v) is 5.44. The summed E-state index contributed by atoms with van der Waals surface area (Å²) < 4.78 is 0. The van der Waals surface area contributed by atoms with Gasteiger partial charge in [-0.25, -0.2) is 0 Å². The van der Waals surface area contributed by atoms with Crippen LogP contribution < -0.4 is 5.73 Å². The first-order chi connectivity index (χ1) is 9.00. The third-order valence-corrected chi connectivity index (χ3v) is 3.80. The zero-order valence-corrected chi connectivity index (χ0v) is 11.6. The van der Waals surface area contributed by atoms with Crippen molar-refractivity contribution >= 4 is 5.91 Å². The van der Waals surface area contributed by atoms with E-state index in [-0.39, 0.29) is 23.7 Å². The molecule has 0 aromatic heterocycles. The Kier molecular flexibility index (Phi) is 4.10.